The Labute approximate surface area is 136 Å². The van der Waals surface area contributed by atoms with E-state index in [1.807, 2.05) is 11.0 Å². The molecule has 2 fully saturated rings. The van der Waals surface area contributed by atoms with Crippen LogP contribution >= 0.6 is 0 Å². The second kappa shape index (κ2) is 6.57. The highest BCUT2D eigenvalue weighted by Gasteiger charge is 2.32. The molecule has 7 heteroatoms. The molecule has 2 aliphatic heterocycles. The van der Waals surface area contributed by atoms with E-state index < -0.39 is 9.84 Å². The summed E-state index contributed by atoms with van der Waals surface area (Å²) in [5.74, 6) is -0.0552. The third kappa shape index (κ3) is 3.90. The third-order valence-electron chi connectivity index (χ3n) is 4.60. The van der Waals surface area contributed by atoms with Crippen LogP contribution in [0.4, 0.5) is 4.39 Å². The van der Waals surface area contributed by atoms with Crippen LogP contribution in [0.25, 0.3) is 0 Å². The minimum Gasteiger partial charge on any atom is -0.335 e. The molecular formula is C16H21FN2O3S. The molecule has 23 heavy (non-hydrogen) atoms. The number of likely N-dealkylation sites (tertiary alicyclic amines) is 1. The van der Waals surface area contributed by atoms with Crippen molar-refractivity contribution in [3.05, 3.63) is 35.6 Å². The molecule has 0 unspecified atom stereocenters. The maximum atomic E-state index is 13.4. The summed E-state index contributed by atoms with van der Waals surface area (Å²) in [7, 11) is -2.94. The van der Waals surface area contributed by atoms with Gasteiger partial charge in [-0.05, 0) is 30.5 Å². The number of carbonyl (C=O) groups is 1. The van der Waals surface area contributed by atoms with E-state index in [9.17, 15) is 17.6 Å². The molecule has 0 bridgehead atoms. The summed E-state index contributed by atoms with van der Waals surface area (Å²) >= 11 is 0. The summed E-state index contributed by atoms with van der Waals surface area (Å²) in [5.41, 5.74) is 0.831. The van der Waals surface area contributed by atoms with E-state index >= 15 is 0 Å². The molecule has 3 rings (SSSR count). The zero-order valence-electron chi connectivity index (χ0n) is 12.9. The van der Waals surface area contributed by atoms with Gasteiger partial charge < -0.3 is 4.90 Å². The van der Waals surface area contributed by atoms with Crippen molar-refractivity contribution in [2.24, 2.45) is 0 Å². The first kappa shape index (κ1) is 16.4. The van der Waals surface area contributed by atoms with Crippen LogP contribution in [-0.4, -0.2) is 61.8 Å². The zero-order valence-corrected chi connectivity index (χ0v) is 13.8. The molecular weight excluding hydrogens is 319 g/mol. The quantitative estimate of drug-likeness (QED) is 0.830. The molecule has 1 amide bonds. The number of sulfone groups is 1. The molecule has 0 radical (unpaired) electrons. The fourth-order valence-corrected chi connectivity index (χ4v) is 4.59. The van der Waals surface area contributed by atoms with E-state index in [4.69, 9.17) is 0 Å². The van der Waals surface area contributed by atoms with Gasteiger partial charge in [-0.2, -0.15) is 0 Å². The van der Waals surface area contributed by atoms with Crippen LogP contribution in [-0.2, 0) is 14.6 Å². The summed E-state index contributed by atoms with van der Waals surface area (Å²) in [5, 5.41) is 0. The Bertz CT molecular complexity index is 678. The number of amides is 1. The Kier molecular flexibility index (Phi) is 4.68. The molecule has 0 spiro atoms. The van der Waals surface area contributed by atoms with Crippen molar-refractivity contribution >= 4 is 15.7 Å². The monoisotopic (exact) mass is 340 g/mol. The van der Waals surface area contributed by atoms with Crippen LogP contribution in [0.1, 0.15) is 24.4 Å². The number of carbonyl (C=O) groups excluding carboxylic acids is 1. The fourth-order valence-electron chi connectivity index (χ4n) is 3.32. The Morgan fingerprint density at radius 2 is 1.96 bits per heavy atom. The van der Waals surface area contributed by atoms with Crippen molar-refractivity contribution in [1.82, 2.24) is 9.80 Å². The Morgan fingerprint density at radius 3 is 2.65 bits per heavy atom. The Balaban J connectivity index is 1.64. The van der Waals surface area contributed by atoms with Gasteiger partial charge in [0.25, 0.3) is 0 Å². The van der Waals surface area contributed by atoms with E-state index in [0.29, 0.717) is 19.6 Å². The number of nitrogens with zero attached hydrogens (tertiary/aromatic N) is 2. The Morgan fingerprint density at radius 1 is 1.22 bits per heavy atom. The molecule has 0 saturated carbocycles. The van der Waals surface area contributed by atoms with Crippen LogP contribution in [0.5, 0.6) is 0 Å². The van der Waals surface area contributed by atoms with Gasteiger partial charge in [0.2, 0.25) is 5.91 Å². The van der Waals surface area contributed by atoms with Crippen LogP contribution in [0.15, 0.2) is 24.3 Å². The first-order valence-corrected chi connectivity index (χ1v) is 9.74. The highest BCUT2D eigenvalue weighted by molar-refractivity contribution is 7.91. The maximum Gasteiger partial charge on any atom is 0.237 e. The van der Waals surface area contributed by atoms with Crippen LogP contribution in [0.3, 0.4) is 0 Å². The van der Waals surface area contributed by atoms with Gasteiger partial charge in [0.1, 0.15) is 5.82 Å². The molecule has 126 valence electrons. The zero-order chi connectivity index (χ0) is 16.4. The molecule has 2 aliphatic rings. The lowest BCUT2D eigenvalue weighted by Crippen LogP contribution is -2.46. The second-order valence-corrected chi connectivity index (χ2v) is 8.53. The lowest BCUT2D eigenvalue weighted by molar-refractivity contribution is -0.133. The maximum absolute atomic E-state index is 13.4. The second-order valence-electron chi connectivity index (χ2n) is 6.23. The van der Waals surface area contributed by atoms with E-state index in [2.05, 4.69) is 0 Å². The van der Waals surface area contributed by atoms with Gasteiger partial charge in [-0.25, -0.2) is 12.8 Å². The summed E-state index contributed by atoms with van der Waals surface area (Å²) < 4.78 is 36.3. The summed E-state index contributed by atoms with van der Waals surface area (Å²) in [6.07, 6.45) is 1.74. The summed E-state index contributed by atoms with van der Waals surface area (Å²) in [6, 6.07) is 6.34. The van der Waals surface area contributed by atoms with Gasteiger partial charge in [-0.3, -0.25) is 9.69 Å². The predicted molar refractivity (Wildman–Crippen MR) is 85.2 cm³/mol. The van der Waals surface area contributed by atoms with Crippen LogP contribution in [0.2, 0.25) is 0 Å². The van der Waals surface area contributed by atoms with Gasteiger partial charge in [0, 0.05) is 19.6 Å². The summed E-state index contributed by atoms with van der Waals surface area (Å²) in [6.45, 7) is 1.73. The number of benzene rings is 1. The van der Waals surface area contributed by atoms with Gasteiger partial charge in [-0.15, -0.1) is 0 Å². The normalized spacial score (nSPS) is 24.7. The van der Waals surface area contributed by atoms with Gasteiger partial charge in [0.05, 0.1) is 24.1 Å². The fraction of sp³-hybridized carbons (Fsp3) is 0.562. The van der Waals surface area contributed by atoms with Crippen molar-refractivity contribution in [1.29, 1.82) is 0 Å². The minimum atomic E-state index is -2.94. The molecule has 2 saturated heterocycles. The molecule has 2 heterocycles. The molecule has 1 atom stereocenters. The van der Waals surface area contributed by atoms with E-state index in [0.717, 1.165) is 18.4 Å². The first-order chi connectivity index (χ1) is 10.9. The van der Waals surface area contributed by atoms with Crippen molar-refractivity contribution in [3.63, 3.8) is 0 Å². The van der Waals surface area contributed by atoms with Crippen molar-refractivity contribution in [3.8, 4) is 0 Å². The van der Waals surface area contributed by atoms with Gasteiger partial charge >= 0.3 is 0 Å². The average molecular weight is 340 g/mol. The summed E-state index contributed by atoms with van der Waals surface area (Å²) in [4.78, 5) is 16.3. The average Bonchev–Trinajstić information content (AvgIpc) is 2.99. The van der Waals surface area contributed by atoms with Gasteiger partial charge in [0.15, 0.2) is 9.84 Å². The molecule has 1 aromatic carbocycles. The van der Waals surface area contributed by atoms with E-state index in [1.165, 1.54) is 12.1 Å². The molecule has 5 nitrogen and oxygen atoms in total. The van der Waals surface area contributed by atoms with E-state index in [-0.39, 0.29) is 35.8 Å². The largest absolute Gasteiger partial charge is 0.335 e. The highest BCUT2D eigenvalue weighted by Crippen LogP contribution is 2.32. The number of halogens is 1. The molecule has 0 N–H and O–H groups in total. The third-order valence-corrected chi connectivity index (χ3v) is 6.21. The first-order valence-electron chi connectivity index (χ1n) is 7.92. The van der Waals surface area contributed by atoms with E-state index in [1.54, 1.807) is 11.0 Å². The topological polar surface area (TPSA) is 57.7 Å². The van der Waals surface area contributed by atoms with Crippen LogP contribution in [0, 0.1) is 5.82 Å². The standard InChI is InChI=1S/C16H21FN2O3S/c17-14-4-1-3-13(11-14)15-5-2-6-19(15)16(20)12-18-7-9-23(21,22)10-8-18/h1,3-4,11,15H,2,5-10,12H2/t15-/m0/s1. The van der Waals surface area contributed by atoms with Crippen molar-refractivity contribution in [2.45, 2.75) is 18.9 Å². The number of hydrogen-bond acceptors (Lipinski definition) is 4. The van der Waals surface area contributed by atoms with Crippen molar-refractivity contribution in [2.75, 3.05) is 37.7 Å². The molecule has 0 aliphatic carbocycles. The predicted octanol–water partition coefficient (Wildman–Crippen LogP) is 1.22. The molecule has 1 aromatic rings. The highest BCUT2D eigenvalue weighted by atomic mass is 32.2. The Hall–Kier alpha value is -1.47. The number of hydrogen-bond donors (Lipinski definition) is 0. The minimum absolute atomic E-state index is 0.00365. The SMILES string of the molecule is O=C(CN1CCS(=O)(=O)CC1)N1CCC[C@H]1c1cccc(F)c1. The lowest BCUT2D eigenvalue weighted by atomic mass is 10.0. The van der Waals surface area contributed by atoms with Gasteiger partial charge in [-0.1, -0.05) is 12.1 Å². The lowest BCUT2D eigenvalue weighted by Gasteiger charge is -2.30. The van der Waals surface area contributed by atoms with Crippen molar-refractivity contribution < 1.29 is 17.6 Å². The smallest absolute Gasteiger partial charge is 0.237 e. The van der Waals surface area contributed by atoms with Crippen LogP contribution < -0.4 is 0 Å². The molecule has 0 aromatic heterocycles. The number of rotatable bonds is 3.